The molecule has 19 heavy (non-hydrogen) atoms. The number of aromatic carboxylic acids is 1. The predicted molar refractivity (Wildman–Crippen MR) is 70.0 cm³/mol. The molecular formula is C11H10ClN5O2. The van der Waals surface area contributed by atoms with E-state index in [1.165, 1.54) is 12.1 Å². The molecule has 0 spiro atoms. The van der Waals surface area contributed by atoms with Gasteiger partial charge in [0.25, 0.3) is 0 Å². The fraction of sp³-hybridized carbons (Fsp3) is 0.0909. The second-order valence-electron chi connectivity index (χ2n) is 3.64. The molecule has 4 N–H and O–H groups in total. The number of carbonyl (C=O) groups is 1. The Bertz CT molecular complexity index is 582. The predicted octanol–water partition coefficient (Wildman–Crippen LogP) is 1.42. The molecule has 8 heteroatoms. The lowest BCUT2D eigenvalue weighted by Crippen LogP contribution is -2.07. The number of aromatic nitrogens is 3. The van der Waals surface area contributed by atoms with Crippen LogP contribution in [0.5, 0.6) is 0 Å². The van der Waals surface area contributed by atoms with Crippen LogP contribution >= 0.6 is 11.6 Å². The summed E-state index contributed by atoms with van der Waals surface area (Å²) in [4.78, 5) is 22.0. The third kappa shape index (κ3) is 3.52. The Morgan fingerprint density at radius 3 is 2.53 bits per heavy atom. The second-order valence-corrected chi connectivity index (χ2v) is 3.98. The Labute approximate surface area is 113 Å². The Morgan fingerprint density at radius 2 is 1.95 bits per heavy atom. The van der Waals surface area contributed by atoms with E-state index >= 15 is 0 Å². The van der Waals surface area contributed by atoms with Gasteiger partial charge < -0.3 is 16.2 Å². The SMILES string of the molecule is Nc1nc(Cl)nc(NCc2ccc(C(=O)O)cc2)n1. The van der Waals surface area contributed by atoms with E-state index in [1.54, 1.807) is 12.1 Å². The van der Waals surface area contributed by atoms with Gasteiger partial charge in [0.15, 0.2) is 0 Å². The summed E-state index contributed by atoms with van der Waals surface area (Å²) in [6.07, 6.45) is 0. The number of nitrogens with two attached hydrogens (primary N) is 1. The number of rotatable bonds is 4. The molecule has 1 aromatic heterocycles. The van der Waals surface area contributed by atoms with Gasteiger partial charge in [0, 0.05) is 6.54 Å². The van der Waals surface area contributed by atoms with Crippen molar-refractivity contribution in [2.75, 3.05) is 11.1 Å². The molecule has 0 amide bonds. The highest BCUT2D eigenvalue weighted by atomic mass is 35.5. The van der Waals surface area contributed by atoms with Crippen molar-refractivity contribution in [3.8, 4) is 0 Å². The Kier molecular flexibility index (Phi) is 3.76. The fourth-order valence-corrected chi connectivity index (χ4v) is 1.56. The summed E-state index contributed by atoms with van der Waals surface area (Å²) >= 11 is 5.64. The lowest BCUT2D eigenvalue weighted by atomic mass is 10.1. The molecule has 7 nitrogen and oxygen atoms in total. The third-order valence-electron chi connectivity index (χ3n) is 2.28. The van der Waals surface area contributed by atoms with Crippen molar-refractivity contribution < 1.29 is 9.90 Å². The van der Waals surface area contributed by atoms with Crippen molar-refractivity contribution in [2.45, 2.75) is 6.54 Å². The molecule has 0 unspecified atom stereocenters. The van der Waals surface area contributed by atoms with Gasteiger partial charge >= 0.3 is 5.97 Å². The van der Waals surface area contributed by atoms with Crippen LogP contribution in [0, 0.1) is 0 Å². The summed E-state index contributed by atoms with van der Waals surface area (Å²) in [5.41, 5.74) is 6.54. The van der Waals surface area contributed by atoms with Gasteiger partial charge in [0.2, 0.25) is 17.2 Å². The minimum atomic E-state index is -0.962. The maximum atomic E-state index is 10.7. The summed E-state index contributed by atoms with van der Waals surface area (Å²) < 4.78 is 0. The molecule has 0 aliphatic rings. The number of halogens is 1. The highest BCUT2D eigenvalue weighted by Gasteiger charge is 2.04. The maximum absolute atomic E-state index is 10.7. The van der Waals surface area contributed by atoms with Crippen molar-refractivity contribution in [2.24, 2.45) is 0 Å². The van der Waals surface area contributed by atoms with Crippen LogP contribution in [0.25, 0.3) is 0 Å². The molecule has 2 rings (SSSR count). The zero-order valence-corrected chi connectivity index (χ0v) is 10.4. The Hall–Kier alpha value is -2.41. The third-order valence-corrected chi connectivity index (χ3v) is 2.45. The molecule has 0 atom stereocenters. The van der Waals surface area contributed by atoms with Crippen LogP contribution in [-0.4, -0.2) is 26.0 Å². The van der Waals surface area contributed by atoms with E-state index in [0.29, 0.717) is 6.54 Å². The van der Waals surface area contributed by atoms with Gasteiger partial charge in [-0.2, -0.15) is 15.0 Å². The maximum Gasteiger partial charge on any atom is 0.335 e. The minimum absolute atomic E-state index is 0.0104. The zero-order valence-electron chi connectivity index (χ0n) is 9.67. The molecule has 0 bridgehead atoms. The molecule has 2 aromatic rings. The van der Waals surface area contributed by atoms with Gasteiger partial charge in [-0.25, -0.2) is 4.79 Å². The first-order valence-corrected chi connectivity index (χ1v) is 5.65. The van der Waals surface area contributed by atoms with E-state index in [2.05, 4.69) is 20.3 Å². The van der Waals surface area contributed by atoms with Crippen LogP contribution < -0.4 is 11.1 Å². The highest BCUT2D eigenvalue weighted by molar-refractivity contribution is 6.28. The number of anilines is 2. The van der Waals surface area contributed by atoms with Crippen LogP contribution in [0.2, 0.25) is 5.28 Å². The number of benzene rings is 1. The van der Waals surface area contributed by atoms with Crippen LogP contribution in [0.1, 0.15) is 15.9 Å². The van der Waals surface area contributed by atoms with Gasteiger partial charge in [0.1, 0.15) is 0 Å². The van der Waals surface area contributed by atoms with Crippen LogP contribution in [-0.2, 0) is 6.54 Å². The average Bonchev–Trinajstić information content (AvgIpc) is 2.36. The zero-order chi connectivity index (χ0) is 13.8. The van der Waals surface area contributed by atoms with Crippen LogP contribution in [0.3, 0.4) is 0 Å². The highest BCUT2D eigenvalue weighted by Crippen LogP contribution is 2.09. The number of nitrogens with zero attached hydrogens (tertiary/aromatic N) is 3. The van der Waals surface area contributed by atoms with Gasteiger partial charge in [-0.05, 0) is 29.3 Å². The first-order valence-electron chi connectivity index (χ1n) is 5.28. The van der Waals surface area contributed by atoms with Gasteiger partial charge in [-0.3, -0.25) is 0 Å². The number of nitrogens with one attached hydrogen (secondary N) is 1. The molecule has 0 fully saturated rings. The lowest BCUT2D eigenvalue weighted by Gasteiger charge is -2.05. The number of hydrogen-bond donors (Lipinski definition) is 3. The molecule has 0 aliphatic heterocycles. The monoisotopic (exact) mass is 279 g/mol. The number of carboxylic acid groups (broad SMARTS) is 1. The fourth-order valence-electron chi connectivity index (χ4n) is 1.39. The molecule has 0 aliphatic carbocycles. The first kappa shape index (κ1) is 13.0. The molecule has 1 aromatic carbocycles. The van der Waals surface area contributed by atoms with Crippen molar-refractivity contribution in [3.63, 3.8) is 0 Å². The van der Waals surface area contributed by atoms with E-state index in [4.69, 9.17) is 22.4 Å². The lowest BCUT2D eigenvalue weighted by molar-refractivity contribution is 0.0697. The normalized spacial score (nSPS) is 10.2. The van der Waals surface area contributed by atoms with Crippen molar-refractivity contribution >= 4 is 29.5 Å². The standard InChI is InChI=1S/C11H10ClN5O2/c12-9-15-10(13)17-11(16-9)14-5-6-1-3-7(4-2-6)8(18)19/h1-4H,5H2,(H,18,19)(H3,13,14,15,16,17). The number of nitrogen functional groups attached to an aromatic ring is 1. The van der Waals surface area contributed by atoms with E-state index in [-0.39, 0.29) is 22.7 Å². The summed E-state index contributed by atoms with van der Waals surface area (Å²) in [6.45, 7) is 0.416. The quantitative estimate of drug-likeness (QED) is 0.775. The smallest absolute Gasteiger partial charge is 0.335 e. The van der Waals surface area contributed by atoms with Crippen LogP contribution in [0.15, 0.2) is 24.3 Å². The molecule has 1 heterocycles. The summed E-state index contributed by atoms with van der Waals surface area (Å²) in [5, 5.41) is 11.7. The Balaban J connectivity index is 2.03. The molecule has 0 saturated carbocycles. The van der Waals surface area contributed by atoms with Crippen molar-refractivity contribution in [3.05, 3.63) is 40.7 Å². The minimum Gasteiger partial charge on any atom is -0.478 e. The number of carboxylic acids is 1. The van der Waals surface area contributed by atoms with Crippen molar-refractivity contribution in [1.82, 2.24) is 15.0 Å². The average molecular weight is 280 g/mol. The van der Waals surface area contributed by atoms with E-state index in [0.717, 1.165) is 5.56 Å². The second kappa shape index (κ2) is 5.49. The van der Waals surface area contributed by atoms with Gasteiger partial charge in [-0.15, -0.1) is 0 Å². The Morgan fingerprint density at radius 1 is 1.26 bits per heavy atom. The topological polar surface area (TPSA) is 114 Å². The number of hydrogen-bond acceptors (Lipinski definition) is 6. The van der Waals surface area contributed by atoms with E-state index in [9.17, 15) is 4.79 Å². The van der Waals surface area contributed by atoms with Gasteiger partial charge in [0.05, 0.1) is 5.56 Å². The van der Waals surface area contributed by atoms with Crippen molar-refractivity contribution in [1.29, 1.82) is 0 Å². The van der Waals surface area contributed by atoms with Gasteiger partial charge in [-0.1, -0.05) is 12.1 Å². The molecule has 98 valence electrons. The molecular weight excluding hydrogens is 270 g/mol. The molecule has 0 saturated heterocycles. The van der Waals surface area contributed by atoms with Crippen LogP contribution in [0.4, 0.5) is 11.9 Å². The first-order chi connectivity index (χ1) is 9.04. The summed E-state index contributed by atoms with van der Waals surface area (Å²) in [6, 6.07) is 6.44. The summed E-state index contributed by atoms with van der Waals surface area (Å²) in [5.74, 6) is -0.667. The summed E-state index contributed by atoms with van der Waals surface area (Å²) in [7, 11) is 0. The molecule has 0 radical (unpaired) electrons. The van der Waals surface area contributed by atoms with E-state index in [1.807, 2.05) is 0 Å². The largest absolute Gasteiger partial charge is 0.478 e. The van der Waals surface area contributed by atoms with E-state index < -0.39 is 5.97 Å².